The lowest BCUT2D eigenvalue weighted by molar-refractivity contribution is 0.0695. The summed E-state index contributed by atoms with van der Waals surface area (Å²) in [7, 11) is -3.68. The minimum absolute atomic E-state index is 0.0123. The summed E-state index contributed by atoms with van der Waals surface area (Å²) in [5, 5.41) is 9.06. The van der Waals surface area contributed by atoms with Crippen LogP contribution in [0.4, 0.5) is 0 Å². The van der Waals surface area contributed by atoms with Crippen LogP contribution in [0.15, 0.2) is 27.6 Å². The van der Waals surface area contributed by atoms with Gasteiger partial charge < -0.3 is 5.11 Å². The van der Waals surface area contributed by atoms with Gasteiger partial charge in [-0.05, 0) is 65.7 Å². The van der Waals surface area contributed by atoms with Crippen molar-refractivity contribution in [3.63, 3.8) is 0 Å². The fourth-order valence-corrected chi connectivity index (χ4v) is 4.25. The molecular weight excluding hydrogens is 358 g/mol. The van der Waals surface area contributed by atoms with Crippen molar-refractivity contribution in [2.45, 2.75) is 43.5 Å². The maximum absolute atomic E-state index is 12.3. The summed E-state index contributed by atoms with van der Waals surface area (Å²) in [5.41, 5.74) is -0.0601. The first kappa shape index (κ1) is 16.5. The molecule has 0 spiro atoms. The van der Waals surface area contributed by atoms with Gasteiger partial charge >= 0.3 is 5.97 Å². The van der Waals surface area contributed by atoms with E-state index in [0.717, 1.165) is 25.7 Å². The molecule has 21 heavy (non-hydrogen) atoms. The first-order chi connectivity index (χ1) is 9.79. The molecular formula is C14H18BrNO4S. The summed E-state index contributed by atoms with van der Waals surface area (Å²) in [6, 6.07) is 3.97. The maximum Gasteiger partial charge on any atom is 0.336 e. The highest BCUT2D eigenvalue weighted by Gasteiger charge is 2.25. The van der Waals surface area contributed by atoms with E-state index in [1.165, 1.54) is 18.2 Å². The number of carboxylic acids is 1. The summed E-state index contributed by atoms with van der Waals surface area (Å²) in [5.74, 6) is -0.525. The Morgan fingerprint density at radius 1 is 1.29 bits per heavy atom. The van der Waals surface area contributed by atoms with Gasteiger partial charge in [0.1, 0.15) is 0 Å². The average Bonchev–Trinajstić information content (AvgIpc) is 2.41. The van der Waals surface area contributed by atoms with E-state index in [2.05, 4.69) is 27.6 Å². The van der Waals surface area contributed by atoms with E-state index in [1.807, 2.05) is 0 Å². The largest absolute Gasteiger partial charge is 0.478 e. The standard InChI is InChI=1S/C14H18BrNO4S/c1-9-2-4-10(5-3-9)16-21(19,20)11-6-7-13(15)12(8-11)14(17)18/h6-10,16H,2-5H2,1H3,(H,17,18). The minimum atomic E-state index is -3.68. The van der Waals surface area contributed by atoms with Crippen LogP contribution in [0.25, 0.3) is 0 Å². The number of benzene rings is 1. The molecule has 0 atom stereocenters. The molecule has 0 saturated heterocycles. The molecule has 1 aromatic rings. The topological polar surface area (TPSA) is 83.5 Å². The Labute approximate surface area is 132 Å². The van der Waals surface area contributed by atoms with E-state index in [4.69, 9.17) is 5.11 Å². The van der Waals surface area contributed by atoms with Crippen LogP contribution in [0, 0.1) is 5.92 Å². The van der Waals surface area contributed by atoms with Gasteiger partial charge in [-0.2, -0.15) is 0 Å². The van der Waals surface area contributed by atoms with Crippen molar-refractivity contribution >= 4 is 31.9 Å². The van der Waals surface area contributed by atoms with Crippen LogP contribution >= 0.6 is 15.9 Å². The maximum atomic E-state index is 12.3. The second-order valence-corrected chi connectivity index (χ2v) is 8.09. The van der Waals surface area contributed by atoms with E-state index in [-0.39, 0.29) is 16.5 Å². The molecule has 7 heteroatoms. The van der Waals surface area contributed by atoms with E-state index < -0.39 is 16.0 Å². The highest BCUT2D eigenvalue weighted by Crippen LogP contribution is 2.26. The van der Waals surface area contributed by atoms with Gasteiger partial charge in [0.05, 0.1) is 10.5 Å². The van der Waals surface area contributed by atoms with Crippen LogP contribution < -0.4 is 4.72 Å². The SMILES string of the molecule is CC1CCC(NS(=O)(=O)c2ccc(Br)c(C(=O)O)c2)CC1. The molecule has 1 aromatic carbocycles. The Balaban J connectivity index is 2.20. The normalized spacial score (nSPS) is 23.0. The highest BCUT2D eigenvalue weighted by atomic mass is 79.9. The third-order valence-electron chi connectivity index (χ3n) is 3.82. The molecule has 0 aliphatic heterocycles. The first-order valence-corrected chi connectivity index (χ1v) is 9.12. The molecule has 2 N–H and O–H groups in total. The molecule has 5 nitrogen and oxygen atoms in total. The van der Waals surface area contributed by atoms with E-state index in [9.17, 15) is 13.2 Å². The number of carbonyl (C=O) groups is 1. The Morgan fingerprint density at radius 3 is 2.48 bits per heavy atom. The molecule has 1 saturated carbocycles. The van der Waals surface area contributed by atoms with Crippen molar-refractivity contribution in [1.82, 2.24) is 4.72 Å². The van der Waals surface area contributed by atoms with Crippen molar-refractivity contribution < 1.29 is 18.3 Å². The van der Waals surface area contributed by atoms with Crippen LogP contribution in [-0.2, 0) is 10.0 Å². The molecule has 0 heterocycles. The average molecular weight is 376 g/mol. The number of aromatic carboxylic acids is 1. The number of halogens is 1. The molecule has 0 aromatic heterocycles. The van der Waals surface area contributed by atoms with Gasteiger partial charge in [0.15, 0.2) is 0 Å². The van der Waals surface area contributed by atoms with Crippen LogP contribution in [-0.4, -0.2) is 25.5 Å². The summed E-state index contributed by atoms with van der Waals surface area (Å²) in [4.78, 5) is 11.1. The molecule has 2 rings (SSSR count). The second-order valence-electron chi connectivity index (χ2n) is 5.52. The van der Waals surface area contributed by atoms with E-state index >= 15 is 0 Å². The van der Waals surface area contributed by atoms with Crippen LogP contribution in [0.3, 0.4) is 0 Å². The van der Waals surface area contributed by atoms with Gasteiger partial charge in [0, 0.05) is 10.5 Å². The van der Waals surface area contributed by atoms with Crippen LogP contribution in [0.5, 0.6) is 0 Å². The summed E-state index contributed by atoms with van der Waals surface area (Å²) < 4.78 is 27.7. The molecule has 0 amide bonds. The molecule has 1 fully saturated rings. The zero-order valence-electron chi connectivity index (χ0n) is 11.7. The number of hydrogen-bond acceptors (Lipinski definition) is 3. The van der Waals surface area contributed by atoms with Gasteiger partial charge in [0.2, 0.25) is 10.0 Å². The lowest BCUT2D eigenvalue weighted by atomic mass is 9.88. The van der Waals surface area contributed by atoms with Crippen LogP contribution in [0.2, 0.25) is 0 Å². The van der Waals surface area contributed by atoms with Gasteiger partial charge in [-0.25, -0.2) is 17.9 Å². The number of sulfonamides is 1. The number of rotatable bonds is 4. The molecule has 0 bridgehead atoms. The number of hydrogen-bond donors (Lipinski definition) is 2. The number of nitrogens with one attached hydrogen (secondary N) is 1. The lowest BCUT2D eigenvalue weighted by Crippen LogP contribution is -2.37. The Hall–Kier alpha value is -0.920. The van der Waals surface area contributed by atoms with Gasteiger partial charge in [-0.3, -0.25) is 0 Å². The summed E-state index contributed by atoms with van der Waals surface area (Å²) in [6.45, 7) is 2.17. The Kier molecular flexibility index (Phi) is 5.06. The molecule has 0 unspecified atom stereocenters. The quantitative estimate of drug-likeness (QED) is 0.846. The highest BCUT2D eigenvalue weighted by molar-refractivity contribution is 9.10. The second kappa shape index (κ2) is 6.46. The molecule has 1 aliphatic carbocycles. The fourth-order valence-electron chi connectivity index (χ4n) is 2.50. The van der Waals surface area contributed by atoms with Gasteiger partial charge in [0.25, 0.3) is 0 Å². The van der Waals surface area contributed by atoms with Crippen molar-refractivity contribution in [2.75, 3.05) is 0 Å². The van der Waals surface area contributed by atoms with Crippen molar-refractivity contribution in [2.24, 2.45) is 5.92 Å². The monoisotopic (exact) mass is 375 g/mol. The van der Waals surface area contributed by atoms with Gasteiger partial charge in [-0.1, -0.05) is 6.92 Å². The zero-order valence-corrected chi connectivity index (χ0v) is 14.1. The predicted molar refractivity (Wildman–Crippen MR) is 82.8 cm³/mol. The number of carboxylic acid groups (broad SMARTS) is 1. The van der Waals surface area contributed by atoms with Crippen LogP contribution in [0.1, 0.15) is 43.0 Å². The predicted octanol–water partition coefficient (Wildman–Crippen LogP) is 3.00. The fraction of sp³-hybridized carbons (Fsp3) is 0.500. The molecule has 116 valence electrons. The minimum Gasteiger partial charge on any atom is -0.478 e. The Morgan fingerprint density at radius 2 is 1.90 bits per heavy atom. The molecule has 1 aliphatic rings. The third kappa shape index (κ3) is 4.05. The molecule has 0 radical (unpaired) electrons. The van der Waals surface area contributed by atoms with Crippen molar-refractivity contribution in [1.29, 1.82) is 0 Å². The van der Waals surface area contributed by atoms with Crippen molar-refractivity contribution in [3.8, 4) is 0 Å². The van der Waals surface area contributed by atoms with Gasteiger partial charge in [-0.15, -0.1) is 0 Å². The van der Waals surface area contributed by atoms with E-state index in [1.54, 1.807) is 0 Å². The first-order valence-electron chi connectivity index (χ1n) is 6.85. The van der Waals surface area contributed by atoms with Crippen molar-refractivity contribution in [3.05, 3.63) is 28.2 Å². The zero-order chi connectivity index (χ0) is 15.6. The lowest BCUT2D eigenvalue weighted by Gasteiger charge is -2.26. The summed E-state index contributed by atoms with van der Waals surface area (Å²) >= 11 is 3.11. The Bertz CT molecular complexity index is 636. The third-order valence-corrected chi connectivity index (χ3v) is 6.03. The van der Waals surface area contributed by atoms with E-state index in [0.29, 0.717) is 10.4 Å². The summed E-state index contributed by atoms with van der Waals surface area (Å²) in [6.07, 6.45) is 3.66. The smallest absolute Gasteiger partial charge is 0.336 e.